The molecule has 3 N–H and O–H groups in total. The highest BCUT2D eigenvalue weighted by Gasteiger charge is 2.33. The third kappa shape index (κ3) is 1.76. The summed E-state index contributed by atoms with van der Waals surface area (Å²) in [6.07, 6.45) is 1.85. The van der Waals surface area contributed by atoms with Gasteiger partial charge in [-0.2, -0.15) is 0 Å². The van der Waals surface area contributed by atoms with Crippen molar-refractivity contribution in [2.75, 3.05) is 7.05 Å². The van der Waals surface area contributed by atoms with Gasteiger partial charge in [0.25, 0.3) is 0 Å². The maximum absolute atomic E-state index is 10.6. The molecule has 0 amide bonds. The predicted molar refractivity (Wildman–Crippen MR) is 45.9 cm³/mol. The van der Waals surface area contributed by atoms with E-state index in [1.807, 2.05) is 11.9 Å². The number of hydrogen-bond donors (Lipinski definition) is 2. The first kappa shape index (κ1) is 9.48. The Morgan fingerprint density at radius 3 is 2.50 bits per heavy atom. The molecular formula is C8H16N2O2. The summed E-state index contributed by atoms with van der Waals surface area (Å²) in [4.78, 5) is 12.5. The molecule has 0 aromatic rings. The van der Waals surface area contributed by atoms with E-state index >= 15 is 0 Å². The monoisotopic (exact) mass is 172 g/mol. The molecule has 1 unspecified atom stereocenters. The van der Waals surface area contributed by atoms with Gasteiger partial charge in [-0.1, -0.05) is 0 Å². The number of carboxylic acid groups (broad SMARTS) is 1. The molecule has 0 heterocycles. The number of carbonyl (C=O) groups is 1. The van der Waals surface area contributed by atoms with Crippen LogP contribution in [0.3, 0.4) is 0 Å². The lowest BCUT2D eigenvalue weighted by Crippen LogP contribution is -2.53. The first-order chi connectivity index (χ1) is 5.52. The second-order valence-electron chi connectivity index (χ2n) is 3.56. The summed E-state index contributed by atoms with van der Waals surface area (Å²) in [5, 5.41) is 8.71. The Hall–Kier alpha value is -0.610. The van der Waals surface area contributed by atoms with Crippen LogP contribution in [0.4, 0.5) is 0 Å². The molecule has 0 aromatic carbocycles. The highest BCUT2D eigenvalue weighted by molar-refractivity contribution is 5.72. The number of nitrogens with zero attached hydrogens (tertiary/aromatic N) is 1. The van der Waals surface area contributed by atoms with Gasteiger partial charge in [0.1, 0.15) is 6.04 Å². The second-order valence-corrected chi connectivity index (χ2v) is 3.56. The van der Waals surface area contributed by atoms with E-state index in [0.29, 0.717) is 6.04 Å². The zero-order chi connectivity index (χ0) is 9.30. The SMILES string of the molecule is CC(C(=O)O)N(C)C1CC(N)C1. The Morgan fingerprint density at radius 1 is 1.67 bits per heavy atom. The largest absolute Gasteiger partial charge is 0.480 e. The summed E-state index contributed by atoms with van der Waals surface area (Å²) in [6, 6.07) is 0.243. The fourth-order valence-electron chi connectivity index (χ4n) is 1.45. The van der Waals surface area contributed by atoms with Gasteiger partial charge in [-0.15, -0.1) is 0 Å². The van der Waals surface area contributed by atoms with Crippen LogP contribution in [0, 0.1) is 0 Å². The topological polar surface area (TPSA) is 66.6 Å². The van der Waals surface area contributed by atoms with E-state index in [9.17, 15) is 4.79 Å². The van der Waals surface area contributed by atoms with Crippen molar-refractivity contribution in [3.8, 4) is 0 Å². The number of likely N-dealkylation sites (N-methyl/N-ethyl adjacent to an activating group) is 1. The summed E-state index contributed by atoms with van der Waals surface area (Å²) in [5.41, 5.74) is 5.61. The fraction of sp³-hybridized carbons (Fsp3) is 0.875. The molecule has 1 rings (SSSR count). The smallest absolute Gasteiger partial charge is 0.320 e. The van der Waals surface area contributed by atoms with Gasteiger partial charge in [0.2, 0.25) is 0 Å². The fourth-order valence-corrected chi connectivity index (χ4v) is 1.45. The maximum Gasteiger partial charge on any atom is 0.320 e. The number of hydrogen-bond acceptors (Lipinski definition) is 3. The van der Waals surface area contributed by atoms with Crippen LogP contribution in [0.25, 0.3) is 0 Å². The molecule has 0 aromatic heterocycles. The first-order valence-electron chi connectivity index (χ1n) is 4.22. The van der Waals surface area contributed by atoms with Gasteiger partial charge in [-0.05, 0) is 26.8 Å². The van der Waals surface area contributed by atoms with Gasteiger partial charge in [-0.3, -0.25) is 9.69 Å². The average Bonchev–Trinajstić information content (AvgIpc) is 1.95. The lowest BCUT2D eigenvalue weighted by Gasteiger charge is -2.41. The van der Waals surface area contributed by atoms with Crippen molar-refractivity contribution in [2.24, 2.45) is 5.73 Å². The molecule has 1 aliphatic carbocycles. The predicted octanol–water partition coefficient (Wildman–Crippen LogP) is -0.119. The van der Waals surface area contributed by atoms with Crippen LogP contribution in [-0.4, -0.2) is 41.1 Å². The summed E-state index contributed by atoms with van der Waals surface area (Å²) >= 11 is 0. The average molecular weight is 172 g/mol. The molecule has 4 nitrogen and oxygen atoms in total. The number of aliphatic carboxylic acids is 1. The van der Waals surface area contributed by atoms with Crippen LogP contribution < -0.4 is 5.73 Å². The molecular weight excluding hydrogens is 156 g/mol. The normalized spacial score (nSPS) is 31.3. The lowest BCUT2D eigenvalue weighted by molar-refractivity contribution is -0.143. The molecule has 1 saturated carbocycles. The molecule has 4 heteroatoms. The highest BCUT2D eigenvalue weighted by Crippen LogP contribution is 2.24. The third-order valence-corrected chi connectivity index (χ3v) is 2.69. The molecule has 0 bridgehead atoms. The summed E-state index contributed by atoms with van der Waals surface area (Å²) in [5.74, 6) is -0.766. The minimum atomic E-state index is -0.766. The van der Waals surface area contributed by atoms with Crippen molar-refractivity contribution in [3.63, 3.8) is 0 Å². The molecule has 1 aliphatic rings. The summed E-state index contributed by atoms with van der Waals surface area (Å²) < 4.78 is 0. The lowest BCUT2D eigenvalue weighted by atomic mass is 9.86. The van der Waals surface area contributed by atoms with E-state index in [1.54, 1.807) is 6.92 Å². The minimum Gasteiger partial charge on any atom is -0.480 e. The van der Waals surface area contributed by atoms with Crippen LogP contribution in [0.1, 0.15) is 19.8 Å². The van der Waals surface area contributed by atoms with Gasteiger partial charge in [0, 0.05) is 12.1 Å². The Labute approximate surface area is 72.3 Å². The van der Waals surface area contributed by atoms with Gasteiger partial charge in [-0.25, -0.2) is 0 Å². The Bertz CT molecular complexity index is 178. The second kappa shape index (κ2) is 3.41. The van der Waals surface area contributed by atoms with E-state index < -0.39 is 12.0 Å². The summed E-state index contributed by atoms with van der Waals surface area (Å²) in [6.45, 7) is 1.70. The molecule has 1 fully saturated rings. The zero-order valence-corrected chi connectivity index (χ0v) is 7.53. The summed E-state index contributed by atoms with van der Waals surface area (Å²) in [7, 11) is 1.84. The van der Waals surface area contributed by atoms with Crippen molar-refractivity contribution >= 4 is 5.97 Å². The Morgan fingerprint density at radius 2 is 2.17 bits per heavy atom. The van der Waals surface area contributed by atoms with Crippen LogP contribution in [0.5, 0.6) is 0 Å². The molecule has 0 spiro atoms. The Kier molecular flexibility index (Phi) is 2.69. The van der Waals surface area contributed by atoms with Crippen molar-refractivity contribution in [1.82, 2.24) is 4.90 Å². The number of carboxylic acids is 1. The quantitative estimate of drug-likeness (QED) is 0.623. The number of rotatable bonds is 3. The molecule has 0 aliphatic heterocycles. The van der Waals surface area contributed by atoms with Crippen LogP contribution in [-0.2, 0) is 4.79 Å². The van der Waals surface area contributed by atoms with Gasteiger partial charge in [0.05, 0.1) is 0 Å². The molecule has 0 radical (unpaired) electrons. The van der Waals surface area contributed by atoms with Crippen molar-refractivity contribution in [3.05, 3.63) is 0 Å². The van der Waals surface area contributed by atoms with Gasteiger partial charge < -0.3 is 10.8 Å². The van der Waals surface area contributed by atoms with Crippen molar-refractivity contribution in [1.29, 1.82) is 0 Å². The van der Waals surface area contributed by atoms with Crippen LogP contribution >= 0.6 is 0 Å². The highest BCUT2D eigenvalue weighted by atomic mass is 16.4. The van der Waals surface area contributed by atoms with E-state index in [2.05, 4.69) is 0 Å². The zero-order valence-electron chi connectivity index (χ0n) is 7.53. The maximum atomic E-state index is 10.6. The first-order valence-corrected chi connectivity index (χ1v) is 4.22. The number of nitrogens with two attached hydrogens (primary N) is 1. The van der Waals surface area contributed by atoms with E-state index in [-0.39, 0.29) is 6.04 Å². The van der Waals surface area contributed by atoms with Crippen LogP contribution in [0.15, 0.2) is 0 Å². The van der Waals surface area contributed by atoms with Crippen molar-refractivity contribution < 1.29 is 9.90 Å². The minimum absolute atomic E-state index is 0.276. The van der Waals surface area contributed by atoms with Crippen molar-refractivity contribution in [2.45, 2.75) is 37.9 Å². The van der Waals surface area contributed by atoms with E-state index in [0.717, 1.165) is 12.8 Å². The Balaban J connectivity index is 2.37. The third-order valence-electron chi connectivity index (χ3n) is 2.69. The standard InChI is InChI=1S/C8H16N2O2/c1-5(8(11)12)10(2)7-3-6(9)4-7/h5-7H,3-4,9H2,1-2H3,(H,11,12). The van der Waals surface area contributed by atoms with Crippen LogP contribution in [0.2, 0.25) is 0 Å². The van der Waals surface area contributed by atoms with E-state index in [1.165, 1.54) is 0 Å². The molecule has 1 atom stereocenters. The molecule has 0 saturated heterocycles. The molecule has 12 heavy (non-hydrogen) atoms. The van der Waals surface area contributed by atoms with Gasteiger partial charge in [0.15, 0.2) is 0 Å². The molecule has 70 valence electrons. The van der Waals surface area contributed by atoms with E-state index in [4.69, 9.17) is 10.8 Å². The van der Waals surface area contributed by atoms with Gasteiger partial charge >= 0.3 is 5.97 Å².